The van der Waals surface area contributed by atoms with Crippen LogP contribution < -0.4 is 10.6 Å². The smallest absolute Gasteiger partial charge is 0.125 e. The van der Waals surface area contributed by atoms with E-state index in [0.717, 1.165) is 48.7 Å². The quantitative estimate of drug-likeness (QED) is 0.549. The van der Waals surface area contributed by atoms with Gasteiger partial charge < -0.3 is 15.5 Å². The summed E-state index contributed by atoms with van der Waals surface area (Å²) in [5, 5.41) is 9.33. The van der Waals surface area contributed by atoms with E-state index in [2.05, 4.69) is 48.7 Å². The standard InChI is InChI=1S/C18H27N3OS/c1-12-9-10-13(2)21(12)22-14(3)7-5-6-8-17-18-16(11-23-17)19-15(4)20-18/h16-20H,1-11H2. The molecule has 3 heterocycles. The molecule has 0 radical (unpaired) electrons. The predicted octanol–water partition coefficient (Wildman–Crippen LogP) is 3.63. The van der Waals surface area contributed by atoms with Crippen molar-refractivity contribution in [1.29, 1.82) is 0 Å². The maximum atomic E-state index is 5.79. The fraction of sp³-hybridized carbons (Fsp3) is 0.556. The average molecular weight is 334 g/mol. The first-order valence-corrected chi connectivity index (χ1v) is 9.44. The second-order valence-corrected chi connectivity index (χ2v) is 7.85. The zero-order valence-electron chi connectivity index (χ0n) is 13.8. The minimum atomic E-state index is 0.545. The maximum absolute atomic E-state index is 5.79. The van der Waals surface area contributed by atoms with Crippen molar-refractivity contribution >= 4 is 11.8 Å². The van der Waals surface area contributed by atoms with Gasteiger partial charge in [-0.1, -0.05) is 32.7 Å². The Balaban J connectivity index is 1.34. The van der Waals surface area contributed by atoms with Crippen LogP contribution in [0.25, 0.3) is 0 Å². The highest BCUT2D eigenvalue weighted by molar-refractivity contribution is 8.00. The van der Waals surface area contributed by atoms with Crippen LogP contribution in [0.3, 0.4) is 0 Å². The molecule has 3 atom stereocenters. The molecule has 0 saturated carbocycles. The summed E-state index contributed by atoms with van der Waals surface area (Å²) in [6.07, 6.45) is 6.28. The summed E-state index contributed by atoms with van der Waals surface area (Å²) in [5.41, 5.74) is 1.95. The van der Waals surface area contributed by atoms with E-state index in [1.165, 1.54) is 18.6 Å². The molecule has 0 aromatic rings. The van der Waals surface area contributed by atoms with Gasteiger partial charge in [-0.05, 0) is 25.7 Å². The molecule has 126 valence electrons. The fourth-order valence-corrected chi connectivity index (χ4v) is 4.98. The summed E-state index contributed by atoms with van der Waals surface area (Å²) in [4.78, 5) is 5.79. The van der Waals surface area contributed by atoms with Crippen LogP contribution in [-0.4, -0.2) is 28.1 Å². The van der Waals surface area contributed by atoms with E-state index in [0.29, 0.717) is 17.3 Å². The van der Waals surface area contributed by atoms with Crippen molar-refractivity contribution in [2.75, 3.05) is 5.75 Å². The first-order valence-electron chi connectivity index (χ1n) is 8.39. The Morgan fingerprint density at radius 1 is 1.17 bits per heavy atom. The lowest BCUT2D eigenvalue weighted by Crippen LogP contribution is -2.36. The molecule has 0 aromatic carbocycles. The number of hydrogen-bond donors (Lipinski definition) is 2. The van der Waals surface area contributed by atoms with Crippen molar-refractivity contribution < 1.29 is 4.84 Å². The number of allylic oxidation sites excluding steroid dienone is 3. The highest BCUT2D eigenvalue weighted by atomic mass is 32.2. The predicted molar refractivity (Wildman–Crippen MR) is 97.3 cm³/mol. The number of hydroxylamine groups is 2. The molecule has 5 heteroatoms. The summed E-state index contributed by atoms with van der Waals surface area (Å²) < 4.78 is 0. The minimum absolute atomic E-state index is 0.545. The van der Waals surface area contributed by atoms with E-state index in [1.54, 1.807) is 5.06 Å². The van der Waals surface area contributed by atoms with Crippen molar-refractivity contribution in [3.05, 3.63) is 49.3 Å². The molecule has 4 nitrogen and oxygen atoms in total. The van der Waals surface area contributed by atoms with Gasteiger partial charge in [0.2, 0.25) is 0 Å². The zero-order valence-corrected chi connectivity index (χ0v) is 14.6. The lowest BCUT2D eigenvalue weighted by Gasteiger charge is -2.22. The number of thioether (sulfide) groups is 1. The van der Waals surface area contributed by atoms with Crippen molar-refractivity contribution in [3.8, 4) is 0 Å². The topological polar surface area (TPSA) is 36.5 Å². The van der Waals surface area contributed by atoms with Crippen molar-refractivity contribution in [2.45, 2.75) is 55.9 Å². The summed E-state index contributed by atoms with van der Waals surface area (Å²) in [5.74, 6) is 2.97. The lowest BCUT2D eigenvalue weighted by molar-refractivity contribution is -0.0511. The van der Waals surface area contributed by atoms with Gasteiger partial charge in [-0.15, -0.1) is 0 Å². The first-order chi connectivity index (χ1) is 11.0. The third kappa shape index (κ3) is 3.71. The summed E-state index contributed by atoms with van der Waals surface area (Å²) in [7, 11) is 0. The average Bonchev–Trinajstić information content (AvgIpc) is 3.14. The van der Waals surface area contributed by atoms with E-state index in [-0.39, 0.29) is 0 Å². The summed E-state index contributed by atoms with van der Waals surface area (Å²) >= 11 is 2.07. The van der Waals surface area contributed by atoms with E-state index < -0.39 is 0 Å². The Bertz CT molecular complexity index is 514. The number of nitrogens with one attached hydrogen (secondary N) is 2. The molecular weight excluding hydrogens is 306 g/mol. The molecule has 3 rings (SSSR count). The second kappa shape index (κ2) is 6.95. The highest BCUT2D eigenvalue weighted by Crippen LogP contribution is 2.34. The largest absolute Gasteiger partial charge is 0.380 e. The maximum Gasteiger partial charge on any atom is 0.125 e. The third-order valence-corrected chi connectivity index (χ3v) is 6.22. The Kier molecular flexibility index (Phi) is 4.95. The number of nitrogens with zero attached hydrogens (tertiary/aromatic N) is 1. The normalized spacial score (nSPS) is 29.5. The molecule has 3 fully saturated rings. The van der Waals surface area contributed by atoms with E-state index in [1.807, 2.05) is 0 Å². The summed E-state index contributed by atoms with van der Waals surface area (Å²) in [6.45, 7) is 16.0. The van der Waals surface area contributed by atoms with Gasteiger partial charge in [-0.3, -0.25) is 0 Å². The van der Waals surface area contributed by atoms with Crippen LogP contribution in [0.15, 0.2) is 49.3 Å². The molecule has 3 aliphatic heterocycles. The molecule has 0 spiro atoms. The summed E-state index contributed by atoms with van der Waals surface area (Å²) in [6, 6.07) is 1.10. The minimum Gasteiger partial charge on any atom is -0.380 e. The SMILES string of the molecule is C=C1NC2CSC(CCCCC(=C)ON3C(=C)CCC3=C)C2N1. The van der Waals surface area contributed by atoms with Crippen LogP contribution in [0.4, 0.5) is 0 Å². The monoisotopic (exact) mass is 333 g/mol. The van der Waals surface area contributed by atoms with Gasteiger partial charge in [-0.25, -0.2) is 0 Å². The van der Waals surface area contributed by atoms with Crippen molar-refractivity contribution in [2.24, 2.45) is 0 Å². The molecule has 0 aliphatic carbocycles. The van der Waals surface area contributed by atoms with Crippen LogP contribution in [0, 0.1) is 0 Å². The molecule has 3 saturated heterocycles. The number of hydrogen-bond acceptors (Lipinski definition) is 5. The molecule has 2 N–H and O–H groups in total. The third-order valence-electron chi connectivity index (χ3n) is 4.72. The Morgan fingerprint density at radius 2 is 1.91 bits per heavy atom. The fourth-order valence-electron chi connectivity index (χ4n) is 3.44. The Hall–Kier alpha value is -1.49. The van der Waals surface area contributed by atoms with Crippen LogP contribution in [0.2, 0.25) is 0 Å². The number of rotatable bonds is 7. The van der Waals surface area contributed by atoms with Crippen LogP contribution in [0.5, 0.6) is 0 Å². The molecular formula is C18H27N3OS. The van der Waals surface area contributed by atoms with Gasteiger partial charge in [0, 0.05) is 17.4 Å². The van der Waals surface area contributed by atoms with Gasteiger partial charge in [0.1, 0.15) is 5.76 Å². The Morgan fingerprint density at radius 3 is 2.65 bits per heavy atom. The molecule has 0 aromatic heterocycles. The molecule has 0 amide bonds. The highest BCUT2D eigenvalue weighted by Gasteiger charge is 2.40. The first kappa shape index (κ1) is 16.4. The van der Waals surface area contributed by atoms with Crippen molar-refractivity contribution in [3.63, 3.8) is 0 Å². The van der Waals surface area contributed by atoms with Gasteiger partial charge in [0.15, 0.2) is 0 Å². The lowest BCUT2D eigenvalue weighted by atomic mass is 10.0. The van der Waals surface area contributed by atoms with Crippen molar-refractivity contribution in [1.82, 2.24) is 15.7 Å². The molecule has 3 aliphatic rings. The molecule has 23 heavy (non-hydrogen) atoms. The van der Waals surface area contributed by atoms with Gasteiger partial charge >= 0.3 is 0 Å². The molecule has 0 bridgehead atoms. The van der Waals surface area contributed by atoms with Crippen LogP contribution >= 0.6 is 11.8 Å². The van der Waals surface area contributed by atoms with E-state index >= 15 is 0 Å². The van der Waals surface area contributed by atoms with Gasteiger partial charge in [-0.2, -0.15) is 16.8 Å². The Labute approximate surface area is 143 Å². The molecule has 3 unspecified atom stereocenters. The number of fused-ring (bicyclic) bond motifs is 1. The van der Waals surface area contributed by atoms with E-state index in [9.17, 15) is 0 Å². The van der Waals surface area contributed by atoms with Crippen LogP contribution in [-0.2, 0) is 4.84 Å². The van der Waals surface area contributed by atoms with E-state index in [4.69, 9.17) is 4.84 Å². The van der Waals surface area contributed by atoms with Gasteiger partial charge in [0.25, 0.3) is 0 Å². The number of unbranched alkanes of at least 4 members (excludes halogenated alkanes) is 1. The van der Waals surface area contributed by atoms with Crippen LogP contribution in [0.1, 0.15) is 38.5 Å². The zero-order chi connectivity index (χ0) is 16.4. The second-order valence-electron chi connectivity index (χ2n) is 6.57. The van der Waals surface area contributed by atoms with Gasteiger partial charge in [0.05, 0.1) is 29.3 Å².